The minimum absolute atomic E-state index is 0.493. The van der Waals surface area contributed by atoms with Gasteiger partial charge in [0.15, 0.2) is 0 Å². The lowest BCUT2D eigenvalue weighted by molar-refractivity contribution is 0.398. The van der Waals surface area contributed by atoms with E-state index < -0.39 is 0 Å². The quantitative estimate of drug-likeness (QED) is 0.201. The fraction of sp³-hybridized carbons (Fsp3) is 0.0833. The molecule has 0 N–H and O–H groups in total. The summed E-state index contributed by atoms with van der Waals surface area (Å²) in [6, 6.07) is 31.6. The average molecular weight is 550 g/mol. The van der Waals surface area contributed by atoms with Crippen LogP contribution in [0.15, 0.2) is 97.1 Å². The first kappa shape index (κ1) is 26.5. The molecular formula is C36H27N3O3. The molecule has 6 rings (SSSR count). The number of hydrogen-bond donors (Lipinski definition) is 0. The average Bonchev–Trinajstić information content (AvgIpc) is 3.05. The van der Waals surface area contributed by atoms with Gasteiger partial charge in [-0.15, -0.1) is 0 Å². The van der Waals surface area contributed by atoms with Crippen LogP contribution in [-0.4, -0.2) is 36.3 Å². The Kier molecular flexibility index (Phi) is 7.48. The van der Waals surface area contributed by atoms with Gasteiger partial charge in [0, 0.05) is 34.0 Å². The van der Waals surface area contributed by atoms with Crippen LogP contribution in [0, 0.1) is 11.8 Å². The van der Waals surface area contributed by atoms with Gasteiger partial charge < -0.3 is 14.2 Å². The maximum absolute atomic E-state index is 5.50. The van der Waals surface area contributed by atoms with Crippen LogP contribution in [0.5, 0.6) is 17.4 Å². The number of aromatic nitrogens is 3. The fourth-order valence-electron chi connectivity index (χ4n) is 4.58. The molecule has 0 radical (unpaired) electrons. The van der Waals surface area contributed by atoms with Crippen molar-refractivity contribution < 1.29 is 14.2 Å². The van der Waals surface area contributed by atoms with Gasteiger partial charge in [0.25, 0.3) is 0 Å². The summed E-state index contributed by atoms with van der Waals surface area (Å²) in [4.78, 5) is 14.1. The second-order valence-electron chi connectivity index (χ2n) is 9.54. The van der Waals surface area contributed by atoms with E-state index in [1.54, 1.807) is 21.3 Å². The lowest BCUT2D eigenvalue weighted by Crippen LogP contribution is -1.93. The molecule has 0 saturated carbocycles. The molecule has 204 valence electrons. The zero-order valence-corrected chi connectivity index (χ0v) is 23.5. The number of rotatable bonds is 6. The summed E-state index contributed by atoms with van der Waals surface area (Å²) in [5, 5.41) is 2.06. The Morgan fingerprint density at radius 1 is 0.595 bits per heavy atom. The number of ether oxygens (including phenoxy) is 3. The van der Waals surface area contributed by atoms with Gasteiger partial charge in [0.2, 0.25) is 5.88 Å². The molecule has 0 aliphatic heterocycles. The molecule has 3 aromatic carbocycles. The topological polar surface area (TPSA) is 66.4 Å². The number of benzene rings is 3. The van der Waals surface area contributed by atoms with Crippen LogP contribution >= 0.6 is 0 Å². The number of nitrogens with zero attached hydrogens (tertiary/aromatic N) is 3. The van der Waals surface area contributed by atoms with Crippen molar-refractivity contribution in [3.05, 3.63) is 120 Å². The number of fused-ring (bicyclic) bond motifs is 2. The van der Waals surface area contributed by atoms with Crippen molar-refractivity contribution in [2.45, 2.75) is 0 Å². The molecule has 6 nitrogen and oxygen atoms in total. The van der Waals surface area contributed by atoms with Gasteiger partial charge in [-0.05, 0) is 78.2 Å². The smallest absolute Gasteiger partial charge is 0.214 e. The highest BCUT2D eigenvalue weighted by atomic mass is 16.5. The first-order valence-corrected chi connectivity index (χ1v) is 13.4. The van der Waals surface area contributed by atoms with Gasteiger partial charge in [-0.25, -0.2) is 15.0 Å². The van der Waals surface area contributed by atoms with Crippen molar-refractivity contribution in [1.82, 2.24) is 15.0 Å². The Morgan fingerprint density at radius 3 is 2.26 bits per heavy atom. The van der Waals surface area contributed by atoms with E-state index in [-0.39, 0.29) is 0 Å². The Morgan fingerprint density at radius 2 is 1.40 bits per heavy atom. The second kappa shape index (κ2) is 11.8. The molecule has 3 aromatic heterocycles. The van der Waals surface area contributed by atoms with Crippen LogP contribution in [0.25, 0.3) is 45.2 Å². The first-order valence-electron chi connectivity index (χ1n) is 13.4. The molecule has 6 aromatic rings. The van der Waals surface area contributed by atoms with Gasteiger partial charge in [0.05, 0.1) is 43.8 Å². The van der Waals surface area contributed by atoms with Crippen LogP contribution in [-0.2, 0) is 0 Å². The summed E-state index contributed by atoms with van der Waals surface area (Å²) in [6.45, 7) is 0. The largest absolute Gasteiger partial charge is 0.497 e. The van der Waals surface area contributed by atoms with Gasteiger partial charge in [-0.2, -0.15) is 0 Å². The van der Waals surface area contributed by atoms with E-state index in [4.69, 9.17) is 19.2 Å². The van der Waals surface area contributed by atoms with Crippen LogP contribution in [0.2, 0.25) is 0 Å². The minimum atomic E-state index is 0.493. The van der Waals surface area contributed by atoms with Crippen molar-refractivity contribution >= 4 is 34.0 Å². The van der Waals surface area contributed by atoms with Gasteiger partial charge in [0.1, 0.15) is 17.2 Å². The minimum Gasteiger partial charge on any atom is -0.497 e. The Hall–Kier alpha value is -5.67. The van der Waals surface area contributed by atoms with E-state index in [0.717, 1.165) is 61.4 Å². The van der Waals surface area contributed by atoms with Crippen LogP contribution in [0.3, 0.4) is 0 Å². The molecular weight excluding hydrogens is 522 g/mol. The summed E-state index contributed by atoms with van der Waals surface area (Å²) in [6.07, 6.45) is 4.04. The fourth-order valence-corrected chi connectivity index (χ4v) is 4.58. The molecule has 0 aliphatic rings. The van der Waals surface area contributed by atoms with Crippen molar-refractivity contribution in [2.75, 3.05) is 21.3 Å². The maximum Gasteiger partial charge on any atom is 0.214 e. The van der Waals surface area contributed by atoms with Crippen molar-refractivity contribution in [2.24, 2.45) is 0 Å². The lowest BCUT2D eigenvalue weighted by atomic mass is 10.1. The van der Waals surface area contributed by atoms with Crippen molar-refractivity contribution in [3.63, 3.8) is 0 Å². The molecule has 0 aliphatic carbocycles. The summed E-state index contributed by atoms with van der Waals surface area (Å²) in [5.74, 6) is 8.48. The molecule has 0 unspecified atom stereocenters. The van der Waals surface area contributed by atoms with Crippen molar-refractivity contribution in [1.29, 1.82) is 0 Å². The van der Waals surface area contributed by atoms with E-state index in [2.05, 4.69) is 33.9 Å². The van der Waals surface area contributed by atoms with E-state index in [0.29, 0.717) is 11.6 Å². The summed E-state index contributed by atoms with van der Waals surface area (Å²) in [5.41, 5.74) is 6.81. The highest BCUT2D eigenvalue weighted by Crippen LogP contribution is 2.25. The molecule has 0 bridgehead atoms. The van der Waals surface area contributed by atoms with E-state index in [1.807, 2.05) is 97.1 Å². The Balaban J connectivity index is 1.27. The monoisotopic (exact) mass is 549 g/mol. The third-order valence-electron chi connectivity index (χ3n) is 6.79. The van der Waals surface area contributed by atoms with Crippen molar-refractivity contribution in [3.8, 4) is 40.5 Å². The number of hydrogen-bond acceptors (Lipinski definition) is 6. The number of pyridine rings is 3. The molecule has 42 heavy (non-hydrogen) atoms. The standard InChI is InChI=1S/C36H27N3O3/c1-40-31-17-18-33-28(22-31)10-15-29(37-33)13-8-25-20-34(39-36(21-25)42-3)27-6-4-5-24(19-27)7-12-30-14-9-26-11-16-32(41-2)23-35(26)38-30/h4-7,9-12,14-23H,1-3H3/b12-7+. The molecule has 0 saturated heterocycles. The predicted octanol–water partition coefficient (Wildman–Crippen LogP) is 7.44. The zero-order chi connectivity index (χ0) is 28.9. The lowest BCUT2D eigenvalue weighted by Gasteiger charge is -2.07. The van der Waals surface area contributed by atoms with Gasteiger partial charge in [-0.3, -0.25) is 0 Å². The van der Waals surface area contributed by atoms with Gasteiger partial charge >= 0.3 is 0 Å². The molecule has 3 heterocycles. The van der Waals surface area contributed by atoms with Crippen LogP contribution < -0.4 is 14.2 Å². The maximum atomic E-state index is 5.50. The summed E-state index contributed by atoms with van der Waals surface area (Å²) >= 11 is 0. The summed E-state index contributed by atoms with van der Waals surface area (Å²) < 4.78 is 16.1. The normalized spacial score (nSPS) is 10.9. The van der Waals surface area contributed by atoms with E-state index in [9.17, 15) is 0 Å². The second-order valence-corrected chi connectivity index (χ2v) is 9.54. The van der Waals surface area contributed by atoms with E-state index >= 15 is 0 Å². The third kappa shape index (κ3) is 5.91. The molecule has 0 amide bonds. The SMILES string of the molecule is COc1ccc2nc(C#Cc3cc(OC)nc(-c4cccc(/C=C/c5ccc6ccc(OC)cc6n5)c4)c3)ccc2c1. The first-order chi connectivity index (χ1) is 20.6. The van der Waals surface area contributed by atoms with E-state index in [1.165, 1.54) is 0 Å². The molecule has 0 spiro atoms. The number of methoxy groups -OCH3 is 3. The molecule has 0 atom stereocenters. The highest BCUT2D eigenvalue weighted by molar-refractivity contribution is 5.83. The Labute approximate surface area is 244 Å². The van der Waals surface area contributed by atoms with Crippen LogP contribution in [0.1, 0.15) is 22.5 Å². The van der Waals surface area contributed by atoms with Crippen LogP contribution in [0.4, 0.5) is 0 Å². The summed E-state index contributed by atoms with van der Waals surface area (Å²) in [7, 11) is 4.92. The molecule has 0 fully saturated rings. The predicted molar refractivity (Wildman–Crippen MR) is 168 cm³/mol. The zero-order valence-electron chi connectivity index (χ0n) is 23.5. The Bertz CT molecular complexity index is 2020. The highest BCUT2D eigenvalue weighted by Gasteiger charge is 2.06. The molecule has 6 heteroatoms. The van der Waals surface area contributed by atoms with Gasteiger partial charge in [-0.1, -0.05) is 36.3 Å². The third-order valence-corrected chi connectivity index (χ3v) is 6.79.